The first-order valence-electron chi connectivity index (χ1n) is 14.8. The number of hydrogen-bond donors (Lipinski definition) is 5. The van der Waals surface area contributed by atoms with E-state index in [1.54, 1.807) is 43.3 Å². The SMILES string of the molecule is C[C@H]([C@H](O)c1ccc(O)c(O)c1)N1C(=O)c2ccccc2C1=O.O=C(O)[C@H]([C@H](O)c1ccc2c(c1)OCO2)N1C(=O)c2ccccc2C1=O. The van der Waals surface area contributed by atoms with E-state index in [1.807, 2.05) is 0 Å². The fourth-order valence-electron chi connectivity index (χ4n) is 5.85. The van der Waals surface area contributed by atoms with Gasteiger partial charge in [-0.2, -0.15) is 0 Å². The van der Waals surface area contributed by atoms with E-state index >= 15 is 0 Å². The van der Waals surface area contributed by atoms with Crippen molar-refractivity contribution in [1.29, 1.82) is 0 Å². The monoisotopic (exact) mass is 668 g/mol. The predicted molar refractivity (Wildman–Crippen MR) is 167 cm³/mol. The fraction of sp³-hybridized carbons (Fsp3) is 0.171. The van der Waals surface area contributed by atoms with Crippen LogP contribution in [0.2, 0.25) is 0 Å². The second kappa shape index (κ2) is 12.7. The summed E-state index contributed by atoms with van der Waals surface area (Å²) in [7, 11) is 0. The van der Waals surface area contributed by atoms with Crippen molar-refractivity contribution in [2.24, 2.45) is 0 Å². The van der Waals surface area contributed by atoms with Gasteiger partial charge in [0.25, 0.3) is 23.6 Å². The molecule has 7 rings (SSSR count). The summed E-state index contributed by atoms with van der Waals surface area (Å²) in [4.78, 5) is 63.4. The average molecular weight is 669 g/mol. The van der Waals surface area contributed by atoms with Crippen LogP contribution in [-0.4, -0.2) is 83.8 Å². The van der Waals surface area contributed by atoms with Crippen LogP contribution in [0, 0.1) is 0 Å². The lowest BCUT2D eigenvalue weighted by Crippen LogP contribution is -2.48. The summed E-state index contributed by atoms with van der Waals surface area (Å²) in [6.45, 7) is 1.58. The average Bonchev–Trinajstić information content (AvgIpc) is 3.75. The Morgan fingerprint density at radius 1 is 0.633 bits per heavy atom. The fourth-order valence-corrected chi connectivity index (χ4v) is 5.85. The smallest absolute Gasteiger partial charge is 0.330 e. The number of amides is 4. The number of nitrogens with zero attached hydrogens (tertiary/aromatic N) is 2. The number of phenols is 2. The van der Waals surface area contributed by atoms with Gasteiger partial charge in [-0.1, -0.05) is 36.4 Å². The molecule has 3 aliphatic rings. The third-order valence-corrected chi connectivity index (χ3v) is 8.42. The van der Waals surface area contributed by atoms with Crippen LogP contribution in [0.15, 0.2) is 84.9 Å². The Morgan fingerprint density at radius 3 is 1.61 bits per heavy atom. The second-order valence-electron chi connectivity index (χ2n) is 11.3. The van der Waals surface area contributed by atoms with Crippen molar-refractivity contribution in [1.82, 2.24) is 9.80 Å². The number of carboxylic acids is 1. The van der Waals surface area contributed by atoms with Gasteiger partial charge >= 0.3 is 5.97 Å². The van der Waals surface area contributed by atoms with Crippen LogP contribution < -0.4 is 9.47 Å². The normalized spacial score (nSPS) is 16.8. The Labute approximate surface area is 277 Å². The first-order chi connectivity index (χ1) is 23.4. The number of aromatic hydroxyl groups is 2. The molecule has 3 aliphatic heterocycles. The van der Waals surface area contributed by atoms with Gasteiger partial charge in [0.2, 0.25) is 6.79 Å². The van der Waals surface area contributed by atoms with E-state index in [4.69, 9.17) is 9.47 Å². The molecule has 5 N–H and O–H groups in total. The Morgan fingerprint density at radius 2 is 1.10 bits per heavy atom. The summed E-state index contributed by atoms with van der Waals surface area (Å²) >= 11 is 0. The van der Waals surface area contributed by atoms with Crippen molar-refractivity contribution in [3.63, 3.8) is 0 Å². The predicted octanol–water partition coefficient (Wildman–Crippen LogP) is 3.01. The number of fused-ring (bicyclic) bond motifs is 3. The maximum atomic E-state index is 12.6. The molecule has 4 atom stereocenters. The Bertz CT molecular complexity index is 1960. The van der Waals surface area contributed by atoms with Crippen LogP contribution in [0.1, 0.15) is 71.7 Å². The summed E-state index contributed by atoms with van der Waals surface area (Å²) in [5.74, 6) is -3.78. The van der Waals surface area contributed by atoms with Gasteiger partial charge in [-0.3, -0.25) is 29.0 Å². The molecular weight excluding hydrogens is 640 g/mol. The first-order valence-corrected chi connectivity index (χ1v) is 14.8. The minimum absolute atomic E-state index is 0.0235. The number of carboxylic acid groups (broad SMARTS) is 1. The number of carbonyl (C=O) groups is 5. The van der Waals surface area contributed by atoms with Crippen molar-refractivity contribution in [2.75, 3.05) is 6.79 Å². The third kappa shape index (κ3) is 5.68. The summed E-state index contributed by atoms with van der Waals surface area (Å²) in [6.07, 6.45) is -2.83. The Hall–Kier alpha value is -6.25. The summed E-state index contributed by atoms with van der Waals surface area (Å²) in [5, 5.41) is 49.5. The number of imide groups is 2. The number of aliphatic hydroxyl groups excluding tert-OH is 2. The summed E-state index contributed by atoms with van der Waals surface area (Å²) in [6, 6.07) is 18.2. The van der Waals surface area contributed by atoms with Gasteiger partial charge < -0.3 is 35.0 Å². The van der Waals surface area contributed by atoms with Gasteiger partial charge in [0, 0.05) is 0 Å². The molecule has 49 heavy (non-hydrogen) atoms. The molecule has 0 saturated carbocycles. The molecule has 0 aliphatic carbocycles. The highest BCUT2D eigenvalue weighted by Gasteiger charge is 2.46. The molecule has 250 valence electrons. The van der Waals surface area contributed by atoms with Crippen LogP contribution in [0.4, 0.5) is 0 Å². The van der Waals surface area contributed by atoms with E-state index in [-0.39, 0.29) is 35.0 Å². The molecule has 14 heteroatoms. The molecule has 14 nitrogen and oxygen atoms in total. The summed E-state index contributed by atoms with van der Waals surface area (Å²) < 4.78 is 10.4. The van der Waals surface area contributed by atoms with Crippen LogP contribution in [0.3, 0.4) is 0 Å². The molecule has 4 aromatic carbocycles. The third-order valence-electron chi connectivity index (χ3n) is 8.42. The van der Waals surface area contributed by atoms with Gasteiger partial charge in [0.1, 0.15) is 6.10 Å². The molecule has 0 saturated heterocycles. The highest BCUT2D eigenvalue weighted by Crippen LogP contribution is 2.37. The minimum Gasteiger partial charge on any atom is -0.504 e. The van der Waals surface area contributed by atoms with Crippen LogP contribution in [0.5, 0.6) is 23.0 Å². The molecule has 0 spiro atoms. The second-order valence-corrected chi connectivity index (χ2v) is 11.3. The van der Waals surface area contributed by atoms with Crippen molar-refractivity contribution in [2.45, 2.75) is 31.2 Å². The number of benzene rings is 4. The lowest BCUT2D eigenvalue weighted by Gasteiger charge is -2.27. The number of rotatable bonds is 7. The zero-order valence-corrected chi connectivity index (χ0v) is 25.6. The van der Waals surface area contributed by atoms with Gasteiger partial charge in [-0.05, 0) is 66.6 Å². The minimum atomic E-state index is -1.78. The van der Waals surface area contributed by atoms with E-state index < -0.39 is 53.9 Å². The number of carbonyl (C=O) groups excluding carboxylic acids is 4. The number of aliphatic hydroxyl groups is 2. The van der Waals surface area contributed by atoms with Crippen molar-refractivity contribution in [3.8, 4) is 23.0 Å². The topological polar surface area (TPSA) is 211 Å². The highest BCUT2D eigenvalue weighted by atomic mass is 16.7. The van der Waals surface area contributed by atoms with E-state index in [0.717, 1.165) is 4.90 Å². The number of hydrogen-bond acceptors (Lipinski definition) is 11. The van der Waals surface area contributed by atoms with Crippen molar-refractivity contribution in [3.05, 3.63) is 118 Å². The molecule has 0 unspecified atom stereocenters. The first kappa shape index (κ1) is 32.7. The molecule has 3 heterocycles. The van der Waals surface area contributed by atoms with Gasteiger partial charge in [0.15, 0.2) is 29.0 Å². The molecule has 0 bridgehead atoms. The van der Waals surface area contributed by atoms with Crippen LogP contribution >= 0.6 is 0 Å². The Balaban J connectivity index is 0.000000171. The number of ether oxygens (including phenoxy) is 2. The number of aliphatic carboxylic acids is 1. The van der Waals surface area contributed by atoms with E-state index in [0.29, 0.717) is 33.1 Å². The maximum Gasteiger partial charge on any atom is 0.330 e. The standard InChI is InChI=1S/C18H13NO7.C17H15NO5/c20-15(9-5-6-12-13(7-9)26-8-25-12)14(18(23)24)19-16(21)10-3-1-2-4-11(10)17(19)22;1-9(15(21)10-6-7-13(19)14(20)8-10)18-16(22)11-4-2-3-5-12(11)17(18)23/h1-7,14-15,20H,8H2,(H,23,24);2-9,15,19-21H,1H3/t14-,15+;9-,15+/m01/s1. The zero-order valence-electron chi connectivity index (χ0n) is 25.6. The van der Waals surface area contributed by atoms with Gasteiger partial charge in [-0.25, -0.2) is 4.79 Å². The molecule has 0 aromatic heterocycles. The van der Waals surface area contributed by atoms with Gasteiger partial charge in [-0.15, -0.1) is 0 Å². The molecule has 0 radical (unpaired) electrons. The summed E-state index contributed by atoms with van der Waals surface area (Å²) in [5.41, 5.74) is 1.33. The molecule has 4 amide bonds. The van der Waals surface area contributed by atoms with Crippen LogP contribution in [-0.2, 0) is 4.79 Å². The van der Waals surface area contributed by atoms with E-state index in [9.17, 15) is 49.5 Å². The Kier molecular flexibility index (Phi) is 8.50. The van der Waals surface area contributed by atoms with Gasteiger partial charge in [0.05, 0.1) is 34.4 Å². The maximum absolute atomic E-state index is 12.6. The van der Waals surface area contributed by atoms with E-state index in [1.165, 1.54) is 48.5 Å². The largest absolute Gasteiger partial charge is 0.504 e. The van der Waals surface area contributed by atoms with Crippen LogP contribution in [0.25, 0.3) is 0 Å². The lowest BCUT2D eigenvalue weighted by atomic mass is 10.0. The lowest BCUT2D eigenvalue weighted by molar-refractivity contribution is -0.145. The van der Waals surface area contributed by atoms with Crippen molar-refractivity contribution >= 4 is 29.6 Å². The molecular formula is C35H28N2O12. The molecule has 4 aromatic rings. The van der Waals surface area contributed by atoms with E-state index in [2.05, 4.69) is 0 Å². The molecule has 0 fully saturated rings. The highest BCUT2D eigenvalue weighted by molar-refractivity contribution is 6.23. The zero-order chi connectivity index (χ0) is 35.1. The quantitative estimate of drug-likeness (QED) is 0.142. The van der Waals surface area contributed by atoms with Crippen molar-refractivity contribution < 1.29 is 59.0 Å². The number of phenolic OH excluding ortho intramolecular Hbond substituents is 2.